The van der Waals surface area contributed by atoms with Gasteiger partial charge in [0.25, 0.3) is 0 Å². The van der Waals surface area contributed by atoms with Crippen molar-refractivity contribution in [3.05, 3.63) is 0 Å². The minimum Gasteiger partial charge on any atom is -0.444 e. The smallest absolute Gasteiger partial charge is 0.410 e. The van der Waals surface area contributed by atoms with Crippen LogP contribution in [0.4, 0.5) is 4.79 Å². The van der Waals surface area contributed by atoms with E-state index in [0.29, 0.717) is 11.5 Å². The van der Waals surface area contributed by atoms with Crippen LogP contribution in [0.25, 0.3) is 0 Å². The Bertz CT molecular complexity index is 371. The van der Waals surface area contributed by atoms with Crippen molar-refractivity contribution in [2.24, 2.45) is 5.41 Å². The Hall–Kier alpha value is -0.810. The van der Waals surface area contributed by atoms with Gasteiger partial charge in [-0.2, -0.15) is 0 Å². The molecule has 114 valence electrons. The summed E-state index contributed by atoms with van der Waals surface area (Å²) in [7, 11) is 0. The highest BCUT2D eigenvalue weighted by Gasteiger charge is 2.48. The van der Waals surface area contributed by atoms with E-state index in [-0.39, 0.29) is 6.09 Å². The van der Waals surface area contributed by atoms with Crippen molar-refractivity contribution in [3.63, 3.8) is 0 Å². The number of carbonyl (C=O) groups is 1. The van der Waals surface area contributed by atoms with Crippen LogP contribution in [0, 0.1) is 5.41 Å². The van der Waals surface area contributed by atoms with Crippen molar-refractivity contribution < 1.29 is 14.3 Å². The van der Waals surface area contributed by atoms with E-state index in [1.165, 1.54) is 12.8 Å². The maximum atomic E-state index is 12.0. The van der Waals surface area contributed by atoms with Gasteiger partial charge < -0.3 is 14.4 Å². The number of likely N-dealkylation sites (tertiary alicyclic amines) is 2. The number of rotatable bonds is 1. The van der Waals surface area contributed by atoms with Gasteiger partial charge in [0.15, 0.2) is 0 Å². The van der Waals surface area contributed by atoms with Crippen LogP contribution in [-0.2, 0) is 9.47 Å². The van der Waals surface area contributed by atoms with Gasteiger partial charge in [-0.1, -0.05) is 0 Å². The quantitative estimate of drug-likeness (QED) is 0.734. The lowest BCUT2D eigenvalue weighted by Gasteiger charge is -2.55. The van der Waals surface area contributed by atoms with Crippen LogP contribution in [0.1, 0.15) is 33.6 Å². The predicted octanol–water partition coefficient (Wildman–Crippen LogP) is 1.72. The van der Waals surface area contributed by atoms with E-state index in [1.54, 1.807) is 0 Å². The van der Waals surface area contributed by atoms with Gasteiger partial charge in [-0.05, 0) is 46.7 Å². The number of hydrogen-bond acceptors (Lipinski definition) is 4. The molecule has 0 aromatic rings. The van der Waals surface area contributed by atoms with E-state index < -0.39 is 5.60 Å². The van der Waals surface area contributed by atoms with Crippen molar-refractivity contribution >= 4 is 6.09 Å². The Labute approximate surface area is 121 Å². The second-order valence-electron chi connectivity index (χ2n) is 7.56. The number of amides is 1. The number of ether oxygens (including phenoxy) is 2. The monoisotopic (exact) mass is 282 g/mol. The van der Waals surface area contributed by atoms with Gasteiger partial charge in [-0.25, -0.2) is 4.79 Å². The van der Waals surface area contributed by atoms with E-state index in [0.717, 1.165) is 39.4 Å². The zero-order chi connectivity index (χ0) is 14.4. The Kier molecular flexibility index (Phi) is 3.45. The minimum atomic E-state index is -0.395. The SMILES string of the molecule is CC(C)(C)OC(=O)N1CC2(CCN(C3COC3)CC2)C1. The lowest BCUT2D eigenvalue weighted by atomic mass is 9.72. The summed E-state index contributed by atoms with van der Waals surface area (Å²) in [6.45, 7) is 11.6. The molecule has 0 saturated carbocycles. The molecule has 3 heterocycles. The summed E-state index contributed by atoms with van der Waals surface area (Å²) in [6.07, 6.45) is 2.24. The molecule has 3 saturated heterocycles. The Balaban J connectivity index is 1.44. The van der Waals surface area contributed by atoms with Gasteiger partial charge in [-0.15, -0.1) is 0 Å². The third-order valence-corrected chi connectivity index (χ3v) is 4.70. The van der Waals surface area contributed by atoms with Crippen molar-refractivity contribution in [2.75, 3.05) is 39.4 Å². The van der Waals surface area contributed by atoms with Crippen molar-refractivity contribution in [1.82, 2.24) is 9.80 Å². The first-order valence-corrected chi connectivity index (χ1v) is 7.67. The first-order chi connectivity index (χ1) is 9.37. The Morgan fingerprint density at radius 3 is 2.25 bits per heavy atom. The second kappa shape index (κ2) is 4.88. The molecule has 5 nitrogen and oxygen atoms in total. The molecule has 0 atom stereocenters. The molecular weight excluding hydrogens is 256 g/mol. The van der Waals surface area contributed by atoms with Gasteiger partial charge in [0.05, 0.1) is 19.3 Å². The average Bonchev–Trinajstić information content (AvgIpc) is 2.22. The molecule has 5 heteroatoms. The predicted molar refractivity (Wildman–Crippen MR) is 75.7 cm³/mol. The van der Waals surface area contributed by atoms with Crippen LogP contribution in [0.3, 0.4) is 0 Å². The lowest BCUT2D eigenvalue weighted by Crippen LogP contribution is -2.64. The molecule has 0 unspecified atom stereocenters. The minimum absolute atomic E-state index is 0.155. The molecule has 0 bridgehead atoms. The van der Waals surface area contributed by atoms with Gasteiger partial charge in [0.2, 0.25) is 0 Å². The van der Waals surface area contributed by atoms with E-state index >= 15 is 0 Å². The van der Waals surface area contributed by atoms with Crippen LogP contribution in [-0.4, -0.2) is 66.9 Å². The Morgan fingerprint density at radius 2 is 1.80 bits per heavy atom. The van der Waals surface area contributed by atoms with Gasteiger partial charge in [0.1, 0.15) is 5.60 Å². The maximum absolute atomic E-state index is 12.0. The van der Waals surface area contributed by atoms with Crippen molar-refractivity contribution in [1.29, 1.82) is 0 Å². The third kappa shape index (κ3) is 2.79. The molecule has 3 fully saturated rings. The number of piperidine rings is 1. The summed E-state index contributed by atoms with van der Waals surface area (Å²) in [5.74, 6) is 0. The van der Waals surface area contributed by atoms with Crippen LogP contribution in [0.2, 0.25) is 0 Å². The standard InChI is InChI=1S/C15H26N2O3/c1-14(2,3)20-13(18)17-10-15(11-17)4-6-16(7-5-15)12-8-19-9-12/h12H,4-11H2,1-3H3. The van der Waals surface area contributed by atoms with E-state index in [4.69, 9.17) is 9.47 Å². The van der Waals surface area contributed by atoms with Gasteiger partial charge in [0, 0.05) is 18.5 Å². The third-order valence-electron chi connectivity index (χ3n) is 4.70. The second-order valence-corrected chi connectivity index (χ2v) is 7.56. The van der Waals surface area contributed by atoms with Gasteiger partial charge >= 0.3 is 6.09 Å². The lowest BCUT2D eigenvalue weighted by molar-refractivity contribution is -0.105. The number of nitrogens with zero attached hydrogens (tertiary/aromatic N) is 2. The van der Waals surface area contributed by atoms with Crippen LogP contribution < -0.4 is 0 Å². The Morgan fingerprint density at radius 1 is 1.20 bits per heavy atom. The summed E-state index contributed by atoms with van der Waals surface area (Å²) in [5.41, 5.74) is -0.0363. The zero-order valence-corrected chi connectivity index (χ0v) is 12.9. The molecule has 1 amide bonds. The fourth-order valence-electron chi connectivity index (χ4n) is 3.33. The normalized spacial score (nSPS) is 27.1. The largest absolute Gasteiger partial charge is 0.444 e. The molecule has 20 heavy (non-hydrogen) atoms. The van der Waals surface area contributed by atoms with Crippen molar-refractivity contribution in [2.45, 2.75) is 45.3 Å². The molecule has 0 aliphatic carbocycles. The number of hydrogen-bond donors (Lipinski definition) is 0. The maximum Gasteiger partial charge on any atom is 0.410 e. The van der Waals surface area contributed by atoms with E-state index in [9.17, 15) is 4.79 Å². The summed E-state index contributed by atoms with van der Waals surface area (Å²) < 4.78 is 10.7. The molecule has 0 aromatic carbocycles. The highest BCUT2D eigenvalue weighted by atomic mass is 16.6. The topological polar surface area (TPSA) is 42.0 Å². The summed E-state index contributed by atoms with van der Waals surface area (Å²) in [4.78, 5) is 16.4. The summed E-state index contributed by atoms with van der Waals surface area (Å²) in [6, 6.07) is 0.648. The van der Waals surface area contributed by atoms with Crippen LogP contribution in [0.5, 0.6) is 0 Å². The van der Waals surface area contributed by atoms with Crippen LogP contribution >= 0.6 is 0 Å². The van der Waals surface area contributed by atoms with E-state index in [1.807, 2.05) is 25.7 Å². The summed E-state index contributed by atoms with van der Waals surface area (Å²) in [5, 5.41) is 0. The van der Waals surface area contributed by atoms with E-state index in [2.05, 4.69) is 4.90 Å². The highest BCUT2D eigenvalue weighted by Crippen LogP contribution is 2.41. The number of carbonyl (C=O) groups excluding carboxylic acids is 1. The highest BCUT2D eigenvalue weighted by molar-refractivity contribution is 5.69. The van der Waals surface area contributed by atoms with Crippen LogP contribution in [0.15, 0.2) is 0 Å². The first kappa shape index (κ1) is 14.1. The fourth-order valence-corrected chi connectivity index (χ4v) is 3.33. The summed E-state index contributed by atoms with van der Waals surface area (Å²) >= 11 is 0. The molecule has 3 aliphatic rings. The molecule has 0 N–H and O–H groups in total. The van der Waals surface area contributed by atoms with Crippen molar-refractivity contribution in [3.8, 4) is 0 Å². The molecular formula is C15H26N2O3. The molecule has 3 rings (SSSR count). The average molecular weight is 282 g/mol. The zero-order valence-electron chi connectivity index (χ0n) is 12.9. The molecule has 0 radical (unpaired) electrons. The molecule has 0 aromatic heterocycles. The first-order valence-electron chi connectivity index (χ1n) is 7.67. The molecule has 1 spiro atoms. The van der Waals surface area contributed by atoms with Gasteiger partial charge in [-0.3, -0.25) is 4.90 Å². The molecule has 3 aliphatic heterocycles. The fraction of sp³-hybridized carbons (Fsp3) is 0.933.